The van der Waals surface area contributed by atoms with Crippen LogP contribution in [-0.2, 0) is 17.6 Å². The van der Waals surface area contributed by atoms with Crippen molar-refractivity contribution in [3.63, 3.8) is 0 Å². The Morgan fingerprint density at radius 1 is 1.24 bits per heavy atom. The Morgan fingerprint density at radius 3 is 2.33 bits per heavy atom. The van der Waals surface area contributed by atoms with Crippen molar-refractivity contribution >= 4 is 21.8 Å². The first kappa shape index (κ1) is 15.1. The fraction of sp³-hybridized carbons (Fsp3) is 0.611. The van der Waals surface area contributed by atoms with Gasteiger partial charge in [0, 0.05) is 16.8 Å². The molecular formula is C18H24BrNO. The number of carbonyl (C=O) groups is 1. The molecule has 21 heavy (non-hydrogen) atoms. The predicted molar refractivity (Wildman–Crippen MR) is 89.6 cm³/mol. The van der Waals surface area contributed by atoms with Gasteiger partial charge in [-0.05, 0) is 55.6 Å². The van der Waals surface area contributed by atoms with E-state index in [0.717, 1.165) is 36.9 Å². The summed E-state index contributed by atoms with van der Waals surface area (Å²) in [5.74, 6) is 1.17. The van der Waals surface area contributed by atoms with Gasteiger partial charge in [0.2, 0.25) is 5.91 Å². The molecule has 2 nitrogen and oxygen atoms in total. The first-order chi connectivity index (χ1) is 10.1. The van der Waals surface area contributed by atoms with E-state index in [9.17, 15) is 4.79 Å². The van der Waals surface area contributed by atoms with Gasteiger partial charge in [-0.1, -0.05) is 47.1 Å². The monoisotopic (exact) mass is 349 g/mol. The highest BCUT2D eigenvalue weighted by molar-refractivity contribution is 9.09. The van der Waals surface area contributed by atoms with Crippen LogP contribution in [0.25, 0.3) is 0 Å². The third kappa shape index (κ3) is 3.18. The van der Waals surface area contributed by atoms with Gasteiger partial charge in [0.15, 0.2) is 0 Å². The van der Waals surface area contributed by atoms with Crippen molar-refractivity contribution in [2.75, 3.05) is 5.33 Å². The first-order valence-corrected chi connectivity index (χ1v) is 9.19. The van der Waals surface area contributed by atoms with E-state index in [-0.39, 0.29) is 17.4 Å². The smallest absolute Gasteiger partial charge is 0.224 e. The van der Waals surface area contributed by atoms with Crippen LogP contribution < -0.4 is 5.32 Å². The highest BCUT2D eigenvalue weighted by atomic mass is 79.9. The van der Waals surface area contributed by atoms with Gasteiger partial charge in [-0.15, -0.1) is 0 Å². The van der Waals surface area contributed by atoms with Gasteiger partial charge in [0.05, 0.1) is 0 Å². The summed E-state index contributed by atoms with van der Waals surface area (Å²) < 4.78 is 0. The van der Waals surface area contributed by atoms with Crippen LogP contribution in [0.15, 0.2) is 24.3 Å². The van der Waals surface area contributed by atoms with Gasteiger partial charge in [0.25, 0.3) is 0 Å². The molecule has 1 aromatic rings. The Hall–Kier alpha value is -0.830. The van der Waals surface area contributed by atoms with Crippen molar-refractivity contribution in [2.24, 2.45) is 11.8 Å². The number of hydrogen-bond donors (Lipinski definition) is 1. The van der Waals surface area contributed by atoms with Crippen LogP contribution in [0.1, 0.15) is 43.7 Å². The zero-order valence-corrected chi connectivity index (χ0v) is 14.3. The molecule has 0 atom stereocenters. The number of amides is 1. The topological polar surface area (TPSA) is 29.1 Å². The lowest BCUT2D eigenvalue weighted by Crippen LogP contribution is -2.53. The number of benzene rings is 1. The molecule has 3 rings (SSSR count). The van der Waals surface area contributed by atoms with Crippen LogP contribution in [0.5, 0.6) is 0 Å². The van der Waals surface area contributed by atoms with Crippen LogP contribution in [0.2, 0.25) is 0 Å². The SMILES string of the molecule is CC1CCC(CBr)(NC(=O)C2Cc3ccccc3C2)CC1. The van der Waals surface area contributed by atoms with Gasteiger partial charge in [-0.3, -0.25) is 4.79 Å². The number of fused-ring (bicyclic) bond motifs is 1. The molecule has 0 aliphatic heterocycles. The summed E-state index contributed by atoms with van der Waals surface area (Å²) in [6.45, 7) is 2.31. The van der Waals surface area contributed by atoms with Crippen molar-refractivity contribution in [3.05, 3.63) is 35.4 Å². The zero-order chi connectivity index (χ0) is 14.9. The number of rotatable bonds is 3. The third-order valence-corrected chi connectivity index (χ3v) is 6.37. The minimum Gasteiger partial charge on any atom is -0.350 e. The number of nitrogens with one attached hydrogen (secondary N) is 1. The average molecular weight is 350 g/mol. The molecule has 1 amide bonds. The van der Waals surface area contributed by atoms with E-state index < -0.39 is 0 Å². The largest absolute Gasteiger partial charge is 0.350 e. The van der Waals surface area contributed by atoms with Crippen LogP contribution in [0, 0.1) is 11.8 Å². The molecule has 1 fully saturated rings. The normalized spacial score (nSPS) is 29.1. The van der Waals surface area contributed by atoms with Crippen molar-refractivity contribution in [1.29, 1.82) is 0 Å². The standard InChI is InChI=1S/C18H24BrNO/c1-13-6-8-18(12-19,9-7-13)20-17(21)16-10-14-4-2-3-5-15(14)11-16/h2-5,13,16H,6-12H2,1H3,(H,20,21). The molecule has 1 saturated carbocycles. The predicted octanol–water partition coefficient (Wildman–Crippen LogP) is 3.86. The fourth-order valence-corrected chi connectivity index (χ4v) is 4.42. The summed E-state index contributed by atoms with van der Waals surface area (Å²) in [6.07, 6.45) is 6.44. The highest BCUT2D eigenvalue weighted by Gasteiger charge is 2.37. The first-order valence-electron chi connectivity index (χ1n) is 8.07. The minimum absolute atomic E-state index is 0.0155. The minimum atomic E-state index is -0.0155. The molecule has 0 spiro atoms. The van der Waals surface area contributed by atoms with E-state index in [0.29, 0.717) is 0 Å². The van der Waals surface area contributed by atoms with Crippen molar-refractivity contribution in [3.8, 4) is 0 Å². The van der Waals surface area contributed by atoms with E-state index in [2.05, 4.69) is 52.4 Å². The Balaban J connectivity index is 1.64. The maximum atomic E-state index is 12.7. The summed E-state index contributed by atoms with van der Waals surface area (Å²) in [6, 6.07) is 8.46. The summed E-state index contributed by atoms with van der Waals surface area (Å²) in [5, 5.41) is 4.27. The Kier molecular flexibility index (Phi) is 4.39. The van der Waals surface area contributed by atoms with Crippen LogP contribution in [-0.4, -0.2) is 16.8 Å². The molecular weight excluding hydrogens is 326 g/mol. The van der Waals surface area contributed by atoms with E-state index in [1.165, 1.54) is 24.0 Å². The van der Waals surface area contributed by atoms with E-state index in [4.69, 9.17) is 0 Å². The molecule has 2 aliphatic rings. The second-order valence-electron chi connectivity index (χ2n) is 6.96. The second kappa shape index (κ2) is 6.12. The number of carbonyl (C=O) groups excluding carboxylic acids is 1. The molecule has 0 unspecified atom stereocenters. The molecule has 0 saturated heterocycles. The Morgan fingerprint density at radius 2 is 1.81 bits per heavy atom. The van der Waals surface area contributed by atoms with E-state index in [1.54, 1.807) is 0 Å². The molecule has 1 N–H and O–H groups in total. The number of alkyl halides is 1. The molecule has 0 heterocycles. The van der Waals surface area contributed by atoms with Gasteiger partial charge in [-0.2, -0.15) is 0 Å². The third-order valence-electron chi connectivity index (χ3n) is 5.30. The summed E-state index contributed by atoms with van der Waals surface area (Å²) in [7, 11) is 0. The summed E-state index contributed by atoms with van der Waals surface area (Å²) in [4.78, 5) is 12.7. The lowest BCUT2D eigenvalue weighted by molar-refractivity contribution is -0.126. The second-order valence-corrected chi connectivity index (χ2v) is 7.52. The molecule has 0 aromatic heterocycles. The number of hydrogen-bond acceptors (Lipinski definition) is 1. The number of halogens is 1. The van der Waals surface area contributed by atoms with Gasteiger partial charge in [-0.25, -0.2) is 0 Å². The van der Waals surface area contributed by atoms with Crippen LogP contribution >= 0.6 is 15.9 Å². The molecule has 0 bridgehead atoms. The average Bonchev–Trinajstić information content (AvgIpc) is 2.94. The molecule has 0 radical (unpaired) electrons. The van der Waals surface area contributed by atoms with Gasteiger partial charge < -0.3 is 5.32 Å². The van der Waals surface area contributed by atoms with Crippen LogP contribution in [0.4, 0.5) is 0 Å². The maximum absolute atomic E-state index is 12.7. The van der Waals surface area contributed by atoms with Crippen molar-refractivity contribution in [2.45, 2.75) is 51.0 Å². The Labute approximate surface area is 135 Å². The quantitative estimate of drug-likeness (QED) is 0.824. The van der Waals surface area contributed by atoms with E-state index >= 15 is 0 Å². The lowest BCUT2D eigenvalue weighted by atomic mass is 9.78. The molecule has 2 aliphatic carbocycles. The maximum Gasteiger partial charge on any atom is 0.224 e. The van der Waals surface area contributed by atoms with E-state index in [1.807, 2.05) is 0 Å². The molecule has 3 heteroatoms. The van der Waals surface area contributed by atoms with Gasteiger partial charge >= 0.3 is 0 Å². The summed E-state index contributed by atoms with van der Waals surface area (Å²) in [5.41, 5.74) is 2.68. The lowest BCUT2D eigenvalue weighted by Gasteiger charge is -2.39. The zero-order valence-electron chi connectivity index (χ0n) is 12.7. The fourth-order valence-electron chi connectivity index (χ4n) is 3.71. The van der Waals surface area contributed by atoms with Crippen molar-refractivity contribution in [1.82, 2.24) is 5.32 Å². The summed E-state index contributed by atoms with van der Waals surface area (Å²) >= 11 is 3.64. The highest BCUT2D eigenvalue weighted by Crippen LogP contribution is 2.34. The van der Waals surface area contributed by atoms with Crippen LogP contribution in [0.3, 0.4) is 0 Å². The molecule has 1 aromatic carbocycles. The molecule has 114 valence electrons. The Bertz CT molecular complexity index is 495. The van der Waals surface area contributed by atoms with Crippen molar-refractivity contribution < 1.29 is 4.79 Å². The van der Waals surface area contributed by atoms with Gasteiger partial charge in [0.1, 0.15) is 0 Å².